The smallest absolute Gasteiger partial charge is 0.339 e. The molecular weight excluding hydrogens is 339 g/mol. The number of benzene rings is 2. The summed E-state index contributed by atoms with van der Waals surface area (Å²) in [7, 11) is 2.78. The zero-order chi connectivity index (χ0) is 18.8. The van der Waals surface area contributed by atoms with Gasteiger partial charge in [0.15, 0.2) is 0 Å². The van der Waals surface area contributed by atoms with Gasteiger partial charge in [-0.15, -0.1) is 0 Å². The van der Waals surface area contributed by atoms with Crippen molar-refractivity contribution in [1.82, 2.24) is 4.57 Å². The first kappa shape index (κ1) is 17.3. The molecule has 0 aliphatic rings. The number of halogens is 1. The van der Waals surface area contributed by atoms with Gasteiger partial charge >= 0.3 is 5.97 Å². The maximum Gasteiger partial charge on any atom is 0.339 e. The molecule has 0 saturated heterocycles. The van der Waals surface area contributed by atoms with Crippen molar-refractivity contribution >= 4 is 28.5 Å². The minimum Gasteiger partial charge on any atom is -0.465 e. The molecule has 0 aliphatic heterocycles. The predicted octanol–water partition coefficient (Wildman–Crippen LogP) is 2.72. The summed E-state index contributed by atoms with van der Waals surface area (Å²) < 4.78 is 20.0. The van der Waals surface area contributed by atoms with Crippen molar-refractivity contribution in [1.29, 1.82) is 0 Å². The molecule has 0 unspecified atom stereocenters. The number of ether oxygens (including phenoxy) is 1. The molecule has 0 fully saturated rings. The Bertz CT molecular complexity index is 1090. The normalized spacial score (nSPS) is 10.6. The summed E-state index contributed by atoms with van der Waals surface area (Å²) in [5.74, 6) is -1.87. The molecule has 0 saturated carbocycles. The number of carbonyl (C=O) groups excluding carboxylic acids is 2. The van der Waals surface area contributed by atoms with Gasteiger partial charge in [-0.05, 0) is 24.3 Å². The first-order chi connectivity index (χ1) is 12.4. The zero-order valence-electron chi connectivity index (χ0n) is 14.1. The summed E-state index contributed by atoms with van der Waals surface area (Å²) in [6.07, 6.45) is 1.27. The Balaban J connectivity index is 2.07. The average molecular weight is 354 g/mol. The van der Waals surface area contributed by atoms with Gasteiger partial charge in [-0.3, -0.25) is 9.59 Å². The van der Waals surface area contributed by atoms with E-state index in [2.05, 4.69) is 10.1 Å². The second-order valence-electron chi connectivity index (χ2n) is 5.61. The lowest BCUT2D eigenvalue weighted by atomic mass is 10.1. The van der Waals surface area contributed by atoms with Gasteiger partial charge in [0.25, 0.3) is 5.91 Å². The van der Waals surface area contributed by atoms with Gasteiger partial charge in [-0.1, -0.05) is 18.2 Å². The molecule has 0 radical (unpaired) electrons. The van der Waals surface area contributed by atoms with Crippen LogP contribution in [-0.4, -0.2) is 23.6 Å². The third-order valence-corrected chi connectivity index (χ3v) is 3.98. The van der Waals surface area contributed by atoms with E-state index in [1.165, 1.54) is 48.2 Å². The Kier molecular flexibility index (Phi) is 4.53. The number of carbonyl (C=O) groups is 2. The molecule has 132 valence electrons. The lowest BCUT2D eigenvalue weighted by Crippen LogP contribution is -2.24. The molecule has 1 N–H and O–H groups in total. The Labute approximate surface area is 147 Å². The maximum absolute atomic E-state index is 14.0. The van der Waals surface area contributed by atoms with Crippen LogP contribution in [0, 0.1) is 5.82 Å². The summed E-state index contributed by atoms with van der Waals surface area (Å²) >= 11 is 0. The van der Waals surface area contributed by atoms with E-state index in [1.54, 1.807) is 19.2 Å². The van der Waals surface area contributed by atoms with Crippen LogP contribution in [0.4, 0.5) is 10.1 Å². The van der Waals surface area contributed by atoms with E-state index < -0.39 is 23.1 Å². The van der Waals surface area contributed by atoms with Crippen LogP contribution in [0.5, 0.6) is 0 Å². The standard InChI is InChI=1S/C19H15FN2O4/c1-22-10-13(17(23)12-7-5-8-14(20)16(12)22)18(24)21-15-9-4-3-6-11(15)19(25)26-2/h3-10H,1-2H3,(H,21,24). The van der Waals surface area contributed by atoms with Crippen molar-refractivity contribution in [3.05, 3.63) is 75.8 Å². The molecule has 26 heavy (non-hydrogen) atoms. The Morgan fingerprint density at radius 3 is 2.54 bits per heavy atom. The van der Waals surface area contributed by atoms with Gasteiger partial charge in [-0.2, -0.15) is 0 Å². The number of rotatable bonds is 3. The highest BCUT2D eigenvalue weighted by Gasteiger charge is 2.19. The number of hydrogen-bond acceptors (Lipinski definition) is 4. The van der Waals surface area contributed by atoms with Gasteiger partial charge < -0.3 is 14.6 Å². The van der Waals surface area contributed by atoms with Crippen LogP contribution < -0.4 is 10.7 Å². The molecule has 2 aromatic carbocycles. The largest absolute Gasteiger partial charge is 0.465 e. The van der Waals surface area contributed by atoms with Gasteiger partial charge in [0.1, 0.15) is 11.4 Å². The lowest BCUT2D eigenvalue weighted by molar-refractivity contribution is 0.0602. The quantitative estimate of drug-likeness (QED) is 0.734. The second-order valence-corrected chi connectivity index (χ2v) is 5.61. The molecule has 0 atom stereocenters. The van der Waals surface area contributed by atoms with Gasteiger partial charge in [-0.25, -0.2) is 9.18 Å². The van der Waals surface area contributed by atoms with E-state index in [0.29, 0.717) is 0 Å². The molecule has 0 spiro atoms. The minimum absolute atomic E-state index is 0.0985. The van der Waals surface area contributed by atoms with Crippen molar-refractivity contribution in [2.45, 2.75) is 0 Å². The highest BCUT2D eigenvalue weighted by Crippen LogP contribution is 2.18. The van der Waals surface area contributed by atoms with Crippen LogP contribution in [0.2, 0.25) is 0 Å². The molecule has 1 heterocycles. The van der Waals surface area contributed by atoms with Crippen molar-refractivity contribution in [3.63, 3.8) is 0 Å². The molecule has 3 aromatic rings. The van der Waals surface area contributed by atoms with Crippen LogP contribution >= 0.6 is 0 Å². The number of nitrogens with one attached hydrogen (secondary N) is 1. The van der Waals surface area contributed by atoms with Gasteiger partial charge in [0.2, 0.25) is 5.43 Å². The summed E-state index contributed by atoms with van der Waals surface area (Å²) in [4.78, 5) is 37.0. The Morgan fingerprint density at radius 1 is 1.08 bits per heavy atom. The number of para-hydroxylation sites is 2. The van der Waals surface area contributed by atoms with Crippen molar-refractivity contribution < 1.29 is 18.7 Å². The minimum atomic E-state index is -0.701. The van der Waals surface area contributed by atoms with Crippen molar-refractivity contribution in [2.24, 2.45) is 7.05 Å². The summed E-state index contributed by atoms with van der Waals surface area (Å²) in [5.41, 5.74) is -0.266. The van der Waals surface area contributed by atoms with E-state index in [0.717, 1.165) is 0 Å². The van der Waals surface area contributed by atoms with Crippen LogP contribution in [0.1, 0.15) is 20.7 Å². The van der Waals surface area contributed by atoms with E-state index in [1.807, 2.05) is 0 Å². The molecule has 1 amide bonds. The van der Waals surface area contributed by atoms with Crippen molar-refractivity contribution in [3.8, 4) is 0 Å². The van der Waals surface area contributed by atoms with Crippen LogP contribution in [0.25, 0.3) is 10.9 Å². The summed E-state index contributed by atoms with van der Waals surface area (Å²) in [6.45, 7) is 0. The van der Waals surface area contributed by atoms with Crippen LogP contribution in [-0.2, 0) is 11.8 Å². The number of esters is 1. The average Bonchev–Trinajstić information content (AvgIpc) is 2.64. The number of aryl methyl sites for hydroxylation is 1. The third-order valence-electron chi connectivity index (χ3n) is 3.98. The fourth-order valence-electron chi connectivity index (χ4n) is 2.75. The number of hydrogen-bond donors (Lipinski definition) is 1. The highest BCUT2D eigenvalue weighted by molar-refractivity contribution is 6.08. The van der Waals surface area contributed by atoms with Gasteiger partial charge in [0.05, 0.1) is 23.9 Å². The zero-order valence-corrected chi connectivity index (χ0v) is 14.1. The first-order valence-corrected chi connectivity index (χ1v) is 7.70. The molecule has 0 aliphatic carbocycles. The fraction of sp³-hybridized carbons (Fsp3) is 0.105. The van der Waals surface area contributed by atoms with Crippen LogP contribution in [0.3, 0.4) is 0 Å². The van der Waals surface area contributed by atoms with E-state index in [9.17, 15) is 18.8 Å². The van der Waals surface area contributed by atoms with E-state index >= 15 is 0 Å². The third kappa shape index (κ3) is 2.95. The molecule has 1 aromatic heterocycles. The molecule has 7 heteroatoms. The number of nitrogens with zero attached hydrogens (tertiary/aromatic N) is 1. The maximum atomic E-state index is 14.0. The van der Waals surface area contributed by atoms with Crippen LogP contribution in [0.15, 0.2) is 53.5 Å². The van der Waals surface area contributed by atoms with E-state index in [4.69, 9.17) is 0 Å². The van der Waals surface area contributed by atoms with Gasteiger partial charge in [0, 0.05) is 18.6 Å². The summed E-state index contributed by atoms with van der Waals surface area (Å²) in [5, 5.41) is 2.64. The Morgan fingerprint density at radius 2 is 1.81 bits per heavy atom. The molecule has 6 nitrogen and oxygen atoms in total. The molecule has 3 rings (SSSR count). The number of methoxy groups -OCH3 is 1. The number of anilines is 1. The topological polar surface area (TPSA) is 77.4 Å². The second kappa shape index (κ2) is 6.79. The number of pyridine rings is 1. The summed E-state index contributed by atoms with van der Waals surface area (Å²) in [6, 6.07) is 10.4. The highest BCUT2D eigenvalue weighted by atomic mass is 19.1. The monoisotopic (exact) mass is 354 g/mol. The first-order valence-electron chi connectivity index (χ1n) is 7.70. The van der Waals surface area contributed by atoms with E-state index in [-0.39, 0.29) is 27.7 Å². The Hall–Kier alpha value is -3.48. The molecule has 0 bridgehead atoms. The fourth-order valence-corrected chi connectivity index (χ4v) is 2.75. The van der Waals surface area contributed by atoms with Crippen molar-refractivity contribution in [2.75, 3.05) is 12.4 Å². The number of fused-ring (bicyclic) bond motifs is 1. The number of aromatic nitrogens is 1. The lowest BCUT2D eigenvalue weighted by Gasteiger charge is -2.12. The SMILES string of the molecule is COC(=O)c1ccccc1NC(=O)c1cn(C)c2c(F)cccc2c1=O. The predicted molar refractivity (Wildman–Crippen MR) is 94.9 cm³/mol. The molecular formula is C19H15FN2O4. The number of amides is 1.